The number of Topliss-reactive ketones (excluding diaryl/α,β-unsaturated/α-hetero) is 1. The molecule has 0 bridgehead atoms. The summed E-state index contributed by atoms with van der Waals surface area (Å²) < 4.78 is 60.0. The number of carbonyl (C=O) groups excluding carboxylic acids is 4. The Balaban J connectivity index is 1.36. The van der Waals surface area contributed by atoms with E-state index < -0.39 is 126 Å². The van der Waals surface area contributed by atoms with Gasteiger partial charge in [-0.25, -0.2) is 9.59 Å². The van der Waals surface area contributed by atoms with Crippen molar-refractivity contribution in [1.82, 2.24) is 9.88 Å². The number of benzene rings is 3. The quantitative estimate of drug-likeness (QED) is 0.0842. The van der Waals surface area contributed by atoms with Crippen molar-refractivity contribution in [3.05, 3.63) is 120 Å². The maximum Gasteiger partial charge on any atom is 0.338 e. The standard InChI is InChI=1S/C63H84N2O15/c1-14-49-63(10,71)54(67)39(4)51(66)37(2)34-62(9,73-31-23-24-43-33-46-29-21-22-30-47(46)64-36-43)55(80-60-53(48(65(11)12)32-38(3)74-60)78-58(69)44-25-17-15-18-26-44)40(5)52(41(6)57(68)76-49)77-50-35-61(8,72-13)56(42(7)75-50)79-59(70)45-27-19-16-20-28-45/h15-30,33,36-42,48-50,52-56,60,67,71H,14,31-32,34-35H2,1-13H3/b24-23+/t37-,38+,39-,40-,41+,42-,48-,49+,50-,52-,53+,54+,55+,56-,60?,61+,62-,63+/m0/s1. The number of methoxy groups -OCH3 is 1. The van der Waals surface area contributed by atoms with Gasteiger partial charge >= 0.3 is 17.9 Å². The Morgan fingerprint density at radius 2 is 1.41 bits per heavy atom. The van der Waals surface area contributed by atoms with Gasteiger partial charge in [-0.2, -0.15) is 0 Å². The Labute approximate surface area is 471 Å². The third-order valence-electron chi connectivity index (χ3n) is 16.7. The summed E-state index contributed by atoms with van der Waals surface area (Å²) in [5.74, 6) is -6.36. The minimum Gasteiger partial charge on any atom is -0.459 e. The molecule has 3 aliphatic rings. The fourth-order valence-corrected chi connectivity index (χ4v) is 12.0. The van der Waals surface area contributed by atoms with Crippen LogP contribution in [0.5, 0.6) is 0 Å². The monoisotopic (exact) mass is 1110 g/mol. The molecule has 2 N–H and O–H groups in total. The molecular formula is C63H84N2O15. The maximum atomic E-state index is 15.0. The molecule has 0 aliphatic carbocycles. The van der Waals surface area contributed by atoms with Crippen LogP contribution in [0.25, 0.3) is 17.0 Å². The molecule has 17 heteroatoms. The second kappa shape index (κ2) is 26.6. The Morgan fingerprint density at radius 3 is 2.04 bits per heavy atom. The van der Waals surface area contributed by atoms with Crippen LogP contribution in [0, 0.1) is 23.7 Å². The molecule has 436 valence electrons. The predicted molar refractivity (Wildman–Crippen MR) is 300 cm³/mol. The highest BCUT2D eigenvalue weighted by Gasteiger charge is 2.55. The van der Waals surface area contributed by atoms with Crippen LogP contribution in [0.3, 0.4) is 0 Å². The highest BCUT2D eigenvalue weighted by atomic mass is 16.7. The number of ketones is 1. The van der Waals surface area contributed by atoms with Crippen molar-refractivity contribution in [3.63, 3.8) is 0 Å². The van der Waals surface area contributed by atoms with Crippen molar-refractivity contribution >= 4 is 40.7 Å². The predicted octanol–water partition coefficient (Wildman–Crippen LogP) is 8.80. The second-order valence-electron chi connectivity index (χ2n) is 23.1. The van der Waals surface area contributed by atoms with E-state index in [0.29, 0.717) is 17.5 Å². The number of aliphatic hydroxyl groups is 2. The first-order chi connectivity index (χ1) is 37.9. The van der Waals surface area contributed by atoms with Gasteiger partial charge in [0.15, 0.2) is 24.8 Å². The van der Waals surface area contributed by atoms with Gasteiger partial charge in [-0.05, 0) is 117 Å². The number of esters is 3. The van der Waals surface area contributed by atoms with E-state index in [1.54, 1.807) is 108 Å². The first kappa shape index (κ1) is 62.1. The molecule has 7 rings (SSSR count). The Kier molecular flexibility index (Phi) is 20.7. The van der Waals surface area contributed by atoms with E-state index >= 15 is 0 Å². The van der Waals surface area contributed by atoms with Gasteiger partial charge in [-0.1, -0.05) is 94.4 Å². The van der Waals surface area contributed by atoms with E-state index in [1.165, 1.54) is 14.0 Å². The van der Waals surface area contributed by atoms with Crippen molar-refractivity contribution in [2.24, 2.45) is 23.7 Å². The molecule has 80 heavy (non-hydrogen) atoms. The van der Waals surface area contributed by atoms with Crippen LogP contribution >= 0.6 is 0 Å². The van der Waals surface area contributed by atoms with Gasteiger partial charge in [0, 0.05) is 42.9 Å². The number of aromatic nitrogens is 1. The van der Waals surface area contributed by atoms with Crippen LogP contribution in [0.1, 0.15) is 121 Å². The molecule has 18 atom stereocenters. The molecule has 4 heterocycles. The molecule has 0 radical (unpaired) electrons. The van der Waals surface area contributed by atoms with Crippen LogP contribution in [0.15, 0.2) is 103 Å². The van der Waals surface area contributed by atoms with Crippen molar-refractivity contribution in [2.75, 3.05) is 27.8 Å². The van der Waals surface area contributed by atoms with Crippen LogP contribution in [-0.4, -0.2) is 156 Å². The molecular weight excluding hydrogens is 1020 g/mol. The Morgan fingerprint density at radius 1 is 0.787 bits per heavy atom. The van der Waals surface area contributed by atoms with E-state index in [0.717, 1.165) is 16.5 Å². The molecule has 1 unspecified atom stereocenters. The molecule has 3 fully saturated rings. The Hall–Kier alpha value is -5.47. The van der Waals surface area contributed by atoms with Gasteiger partial charge < -0.3 is 57.7 Å². The molecule has 3 aromatic carbocycles. The van der Waals surface area contributed by atoms with Crippen molar-refractivity contribution < 1.29 is 72.0 Å². The third-order valence-corrected chi connectivity index (χ3v) is 16.7. The highest BCUT2D eigenvalue weighted by molar-refractivity contribution is 5.90. The first-order valence-corrected chi connectivity index (χ1v) is 28.1. The minimum atomic E-state index is -2.07. The fourth-order valence-electron chi connectivity index (χ4n) is 12.0. The topological polar surface area (TPSA) is 208 Å². The maximum absolute atomic E-state index is 15.0. The summed E-state index contributed by atoms with van der Waals surface area (Å²) in [4.78, 5) is 64.1. The number of pyridine rings is 1. The molecule has 0 amide bonds. The number of carbonyl (C=O) groups is 4. The number of hydrogen-bond donors (Lipinski definition) is 2. The second-order valence-corrected chi connectivity index (χ2v) is 23.1. The third kappa shape index (κ3) is 14.2. The summed E-state index contributed by atoms with van der Waals surface area (Å²) in [6.45, 7) is 17.2. The number of fused-ring (bicyclic) bond motifs is 1. The van der Waals surface area contributed by atoms with Crippen LogP contribution < -0.4 is 0 Å². The van der Waals surface area contributed by atoms with E-state index in [2.05, 4.69) is 4.98 Å². The van der Waals surface area contributed by atoms with Crippen LogP contribution in [0.2, 0.25) is 0 Å². The molecule has 0 saturated carbocycles. The van der Waals surface area contributed by atoms with Crippen LogP contribution in [-0.2, 0) is 52.2 Å². The lowest BCUT2D eigenvalue weighted by Gasteiger charge is -2.50. The lowest BCUT2D eigenvalue weighted by Crippen LogP contribution is -2.62. The summed E-state index contributed by atoms with van der Waals surface area (Å²) >= 11 is 0. The zero-order chi connectivity index (χ0) is 58.3. The van der Waals surface area contributed by atoms with E-state index in [1.807, 2.05) is 82.3 Å². The number of aliphatic hydroxyl groups excluding tert-OH is 1. The number of ether oxygens (including phenoxy) is 9. The lowest BCUT2D eigenvalue weighted by atomic mass is 9.73. The minimum absolute atomic E-state index is 0.0157. The average molecular weight is 1110 g/mol. The van der Waals surface area contributed by atoms with Gasteiger partial charge in [0.1, 0.15) is 23.1 Å². The lowest BCUT2D eigenvalue weighted by molar-refractivity contribution is -0.319. The zero-order valence-corrected chi connectivity index (χ0v) is 48.7. The SMILES string of the molecule is CC[C@H]1OC(=O)[C@H](C)[C@@H](O[C@H]2C[C@@](C)(OC)[C@@H](OC(=O)c3ccccc3)[C@H](C)O2)[C@H](C)[C@@H](OC2O[C@H](C)C[C@H](N(C)C)[C@H]2OC(=O)c2ccccc2)[C@@](C)(OC/C=C/c2cnc3ccccc3c2)C[C@H](C)C(=O)[C@H](C)[C@@H](O)[C@]1(C)O. The molecule has 17 nitrogen and oxygen atoms in total. The van der Waals surface area contributed by atoms with Crippen LogP contribution in [0.4, 0.5) is 0 Å². The fraction of sp³-hybridized carbons (Fsp3) is 0.571. The van der Waals surface area contributed by atoms with Gasteiger partial charge in [-0.15, -0.1) is 0 Å². The van der Waals surface area contributed by atoms with Crippen molar-refractivity contribution in [3.8, 4) is 0 Å². The van der Waals surface area contributed by atoms with E-state index in [-0.39, 0.29) is 31.7 Å². The normalized spacial score (nSPS) is 35.8. The summed E-state index contributed by atoms with van der Waals surface area (Å²) in [6.07, 6.45) is -4.72. The molecule has 3 saturated heterocycles. The summed E-state index contributed by atoms with van der Waals surface area (Å²) in [6, 6.07) is 26.6. The average Bonchev–Trinajstić information content (AvgIpc) is 3.44. The van der Waals surface area contributed by atoms with Gasteiger partial charge in [0.25, 0.3) is 0 Å². The van der Waals surface area contributed by atoms with Gasteiger partial charge in [-0.3, -0.25) is 14.6 Å². The number of nitrogens with zero attached hydrogens (tertiary/aromatic N) is 2. The molecule has 3 aliphatic heterocycles. The Bertz CT molecular complexity index is 2740. The molecule has 0 spiro atoms. The number of hydrogen-bond acceptors (Lipinski definition) is 17. The zero-order valence-electron chi connectivity index (χ0n) is 48.7. The summed E-state index contributed by atoms with van der Waals surface area (Å²) in [5, 5.41) is 25.0. The number of rotatable bonds is 15. The smallest absolute Gasteiger partial charge is 0.338 e. The number of likely N-dealkylation sites (N-methyl/N-ethyl adjacent to an activating group) is 1. The summed E-state index contributed by atoms with van der Waals surface area (Å²) in [7, 11) is 5.30. The molecule has 4 aromatic rings. The van der Waals surface area contributed by atoms with E-state index in [4.69, 9.17) is 42.6 Å². The number of cyclic esters (lactones) is 1. The van der Waals surface area contributed by atoms with Crippen molar-refractivity contribution in [1.29, 1.82) is 0 Å². The van der Waals surface area contributed by atoms with Crippen molar-refractivity contribution in [2.45, 2.75) is 179 Å². The van der Waals surface area contributed by atoms with E-state index in [9.17, 15) is 29.4 Å². The largest absolute Gasteiger partial charge is 0.459 e. The number of para-hydroxylation sites is 1. The first-order valence-electron chi connectivity index (χ1n) is 28.1. The molecule has 1 aromatic heterocycles. The van der Waals surface area contributed by atoms with Gasteiger partial charge in [0.05, 0.1) is 71.3 Å². The van der Waals surface area contributed by atoms with Gasteiger partial charge in [0.2, 0.25) is 0 Å². The highest BCUT2D eigenvalue weighted by Crippen LogP contribution is 2.43. The summed E-state index contributed by atoms with van der Waals surface area (Å²) in [5.41, 5.74) is -2.42.